The average Bonchev–Trinajstić information content (AvgIpc) is 2.87. The van der Waals surface area contributed by atoms with Crippen LogP contribution in [-0.4, -0.2) is 14.3 Å². The third kappa shape index (κ3) is 3.58. The maximum atomic E-state index is 13.3. The Labute approximate surface area is 118 Å². The summed E-state index contributed by atoms with van der Waals surface area (Å²) in [5, 5.41) is 2.50. The number of hydrogen-bond donors (Lipinski definition) is 1. The molecular formula is C12H9ClFNO4S. The fourth-order valence-electron chi connectivity index (χ4n) is 1.51. The molecule has 0 bridgehead atoms. The van der Waals surface area contributed by atoms with Gasteiger partial charge in [-0.25, -0.2) is 12.8 Å². The Morgan fingerprint density at radius 2 is 2.10 bits per heavy atom. The molecule has 1 heterocycles. The van der Waals surface area contributed by atoms with Gasteiger partial charge in [0.15, 0.2) is 0 Å². The number of benzene rings is 1. The Balaban J connectivity index is 2.19. The molecule has 106 valence electrons. The van der Waals surface area contributed by atoms with Crippen molar-refractivity contribution in [2.45, 2.75) is 11.4 Å². The van der Waals surface area contributed by atoms with E-state index in [0.29, 0.717) is 0 Å². The van der Waals surface area contributed by atoms with E-state index >= 15 is 0 Å². The number of nitrogens with one attached hydrogen (secondary N) is 1. The molecule has 0 atom stereocenters. The molecule has 1 aromatic heterocycles. The Hall–Kier alpha value is -1.86. The smallest absolute Gasteiger partial charge is 0.261 e. The lowest BCUT2D eigenvalue weighted by Crippen LogP contribution is -2.22. The van der Waals surface area contributed by atoms with Gasteiger partial charge < -0.3 is 9.73 Å². The second-order valence-electron chi connectivity index (χ2n) is 3.93. The fraction of sp³-hybridized carbons (Fsp3) is 0.0833. The molecule has 2 aromatic rings. The number of carbonyl (C=O) groups excluding carboxylic acids is 1. The van der Waals surface area contributed by atoms with Crippen molar-refractivity contribution >= 4 is 25.6 Å². The summed E-state index contributed by atoms with van der Waals surface area (Å²) in [7, 11) is 1.02. The van der Waals surface area contributed by atoms with Crippen LogP contribution >= 0.6 is 10.7 Å². The van der Waals surface area contributed by atoms with Gasteiger partial charge in [0.1, 0.15) is 5.82 Å². The molecule has 1 amide bonds. The molecular weight excluding hydrogens is 309 g/mol. The second-order valence-corrected chi connectivity index (χ2v) is 6.49. The van der Waals surface area contributed by atoms with Gasteiger partial charge >= 0.3 is 0 Å². The van der Waals surface area contributed by atoms with Crippen molar-refractivity contribution in [2.24, 2.45) is 0 Å². The Bertz CT molecular complexity index is 728. The van der Waals surface area contributed by atoms with Crippen LogP contribution in [0.3, 0.4) is 0 Å². The molecule has 1 N–H and O–H groups in total. The van der Waals surface area contributed by atoms with Crippen LogP contribution in [0.25, 0.3) is 0 Å². The number of rotatable bonds is 4. The molecule has 2 rings (SSSR count). The minimum Gasteiger partial charge on any atom is -0.472 e. The van der Waals surface area contributed by atoms with Gasteiger partial charge in [0.2, 0.25) is 0 Å². The monoisotopic (exact) mass is 317 g/mol. The zero-order valence-electron chi connectivity index (χ0n) is 9.97. The lowest BCUT2D eigenvalue weighted by atomic mass is 10.2. The van der Waals surface area contributed by atoms with Gasteiger partial charge in [0.05, 0.1) is 17.4 Å². The van der Waals surface area contributed by atoms with Crippen LogP contribution in [0, 0.1) is 5.82 Å². The van der Waals surface area contributed by atoms with E-state index in [9.17, 15) is 17.6 Å². The molecule has 5 nitrogen and oxygen atoms in total. The summed E-state index contributed by atoms with van der Waals surface area (Å²) >= 11 is 0. The summed E-state index contributed by atoms with van der Waals surface area (Å²) in [4.78, 5) is 11.4. The van der Waals surface area contributed by atoms with Crippen LogP contribution in [0.15, 0.2) is 46.1 Å². The van der Waals surface area contributed by atoms with Crippen molar-refractivity contribution in [3.8, 4) is 0 Å². The third-order valence-corrected chi connectivity index (χ3v) is 3.78. The largest absolute Gasteiger partial charge is 0.472 e. The standard InChI is InChI=1S/C12H9ClFNO4S/c13-20(17,18)11-4-9(3-10(14)5-11)12(16)15-6-8-1-2-19-7-8/h1-5,7H,6H2,(H,15,16). The first-order valence-corrected chi connectivity index (χ1v) is 7.72. The van der Waals surface area contributed by atoms with Crippen molar-refractivity contribution in [1.82, 2.24) is 5.32 Å². The minimum absolute atomic E-state index is 0.132. The Morgan fingerprint density at radius 1 is 1.35 bits per heavy atom. The molecule has 0 aliphatic carbocycles. The van der Waals surface area contributed by atoms with Crippen molar-refractivity contribution in [1.29, 1.82) is 0 Å². The quantitative estimate of drug-likeness (QED) is 0.878. The lowest BCUT2D eigenvalue weighted by molar-refractivity contribution is 0.0950. The first-order chi connectivity index (χ1) is 9.36. The second kappa shape index (κ2) is 5.64. The van der Waals surface area contributed by atoms with E-state index in [4.69, 9.17) is 15.1 Å². The van der Waals surface area contributed by atoms with E-state index in [2.05, 4.69) is 5.32 Å². The highest BCUT2D eigenvalue weighted by Crippen LogP contribution is 2.18. The van der Waals surface area contributed by atoms with Crippen molar-refractivity contribution in [2.75, 3.05) is 0 Å². The van der Waals surface area contributed by atoms with Crippen LogP contribution in [-0.2, 0) is 15.6 Å². The van der Waals surface area contributed by atoms with E-state index in [1.807, 2.05) is 0 Å². The van der Waals surface area contributed by atoms with Gasteiger partial charge in [-0.15, -0.1) is 0 Å². The molecule has 8 heteroatoms. The zero-order chi connectivity index (χ0) is 14.8. The highest BCUT2D eigenvalue weighted by atomic mass is 35.7. The SMILES string of the molecule is O=C(NCc1ccoc1)c1cc(F)cc(S(=O)(=O)Cl)c1. The van der Waals surface area contributed by atoms with Crippen LogP contribution in [0.1, 0.15) is 15.9 Å². The maximum Gasteiger partial charge on any atom is 0.261 e. The molecule has 0 fully saturated rings. The van der Waals surface area contributed by atoms with Crippen molar-refractivity contribution in [3.63, 3.8) is 0 Å². The van der Waals surface area contributed by atoms with E-state index < -0.39 is 25.7 Å². The van der Waals surface area contributed by atoms with Gasteiger partial charge in [0.25, 0.3) is 15.0 Å². The molecule has 1 aromatic carbocycles. The normalized spacial score (nSPS) is 11.3. The zero-order valence-corrected chi connectivity index (χ0v) is 11.5. The first kappa shape index (κ1) is 14.5. The summed E-state index contributed by atoms with van der Waals surface area (Å²) in [6, 6.07) is 4.34. The molecule has 0 unspecified atom stereocenters. The maximum absolute atomic E-state index is 13.3. The van der Waals surface area contributed by atoms with Crippen LogP contribution < -0.4 is 5.32 Å². The Morgan fingerprint density at radius 3 is 2.70 bits per heavy atom. The van der Waals surface area contributed by atoms with Crippen LogP contribution in [0.2, 0.25) is 0 Å². The van der Waals surface area contributed by atoms with E-state index in [0.717, 1.165) is 23.8 Å². The predicted octanol–water partition coefficient (Wildman–Crippen LogP) is 2.28. The molecule has 20 heavy (non-hydrogen) atoms. The molecule has 0 aliphatic heterocycles. The minimum atomic E-state index is -4.10. The number of carbonyl (C=O) groups is 1. The van der Waals surface area contributed by atoms with Crippen molar-refractivity contribution < 1.29 is 22.0 Å². The van der Waals surface area contributed by atoms with Gasteiger partial charge in [-0.3, -0.25) is 4.79 Å². The molecule has 0 saturated carbocycles. The summed E-state index contributed by atoms with van der Waals surface area (Å²) < 4.78 is 40.5. The number of amides is 1. The summed E-state index contributed by atoms with van der Waals surface area (Å²) in [6.45, 7) is 0.175. The molecule has 0 saturated heterocycles. The van der Waals surface area contributed by atoms with Gasteiger partial charge in [-0.1, -0.05) is 0 Å². The van der Waals surface area contributed by atoms with Crippen molar-refractivity contribution in [3.05, 3.63) is 53.7 Å². The van der Waals surface area contributed by atoms with E-state index in [1.165, 1.54) is 12.5 Å². The molecule has 0 aliphatic rings. The van der Waals surface area contributed by atoms with Crippen LogP contribution in [0.4, 0.5) is 4.39 Å². The third-order valence-electron chi connectivity index (χ3n) is 2.45. The number of hydrogen-bond acceptors (Lipinski definition) is 4. The topological polar surface area (TPSA) is 76.4 Å². The first-order valence-electron chi connectivity index (χ1n) is 5.41. The summed E-state index contributed by atoms with van der Waals surface area (Å²) in [6.07, 6.45) is 2.89. The van der Waals surface area contributed by atoms with E-state index in [1.54, 1.807) is 6.07 Å². The Kier molecular flexibility index (Phi) is 4.10. The van der Waals surface area contributed by atoms with Gasteiger partial charge in [0, 0.05) is 28.4 Å². The van der Waals surface area contributed by atoms with Gasteiger partial charge in [-0.2, -0.15) is 0 Å². The molecule has 0 radical (unpaired) electrons. The molecule has 0 spiro atoms. The summed E-state index contributed by atoms with van der Waals surface area (Å²) in [5.41, 5.74) is 0.590. The average molecular weight is 318 g/mol. The lowest BCUT2D eigenvalue weighted by Gasteiger charge is -2.05. The highest BCUT2D eigenvalue weighted by Gasteiger charge is 2.16. The fourth-order valence-corrected chi connectivity index (χ4v) is 2.30. The number of furan rings is 1. The van der Waals surface area contributed by atoms with E-state index in [-0.39, 0.29) is 12.1 Å². The number of halogens is 2. The predicted molar refractivity (Wildman–Crippen MR) is 69.3 cm³/mol. The highest BCUT2D eigenvalue weighted by molar-refractivity contribution is 8.13. The summed E-state index contributed by atoms with van der Waals surface area (Å²) in [5.74, 6) is -1.48. The van der Waals surface area contributed by atoms with Gasteiger partial charge in [-0.05, 0) is 24.3 Å². The van der Waals surface area contributed by atoms with Crippen LogP contribution in [0.5, 0.6) is 0 Å².